The van der Waals surface area contributed by atoms with Crippen molar-refractivity contribution in [1.82, 2.24) is 0 Å². The molecule has 1 N–H and O–H groups in total. The number of ether oxygens (including phenoxy) is 3. The normalized spacial score (nSPS) is 12.7. The minimum absolute atomic E-state index is 0.00957. The van der Waals surface area contributed by atoms with Crippen LogP contribution in [0.5, 0.6) is 0 Å². The van der Waals surface area contributed by atoms with Crippen LogP contribution >= 0.6 is 26.3 Å². The Morgan fingerprint density at radius 3 is 1.35 bits per heavy atom. The van der Waals surface area contributed by atoms with E-state index in [-0.39, 0.29) is 13.0 Å². The molecule has 0 saturated heterocycles. The van der Waals surface area contributed by atoms with E-state index in [0.717, 1.165) is 6.16 Å². The third kappa shape index (κ3) is 6.64. The fourth-order valence-corrected chi connectivity index (χ4v) is 12.0. The van der Waals surface area contributed by atoms with Crippen molar-refractivity contribution in [3.8, 4) is 0 Å². The van der Waals surface area contributed by atoms with E-state index >= 15 is 0 Å². The molecule has 0 aromatic heterocycles. The Labute approximate surface area is 214 Å². The Morgan fingerprint density at radius 2 is 0.971 bits per heavy atom. The molecule has 0 bridgehead atoms. The summed E-state index contributed by atoms with van der Waals surface area (Å²) in [4.78, 5) is 10.5. The van der Waals surface area contributed by atoms with E-state index in [0.29, 0.717) is 33.0 Å². The van der Waals surface area contributed by atoms with Crippen LogP contribution in [0.4, 0.5) is 0 Å². The summed E-state index contributed by atoms with van der Waals surface area (Å²) >= 11 is 2.76. The second-order valence-electron chi connectivity index (χ2n) is 7.89. The van der Waals surface area contributed by atoms with Gasteiger partial charge in [-0.1, -0.05) is 0 Å². The Bertz CT molecular complexity index is 902. The number of halogens is 1. The number of rotatable bonds is 15. The molecular formula is C27H32IO5P. The van der Waals surface area contributed by atoms with Gasteiger partial charge in [-0.3, -0.25) is 4.79 Å². The van der Waals surface area contributed by atoms with Gasteiger partial charge >= 0.3 is 206 Å². The minimum atomic E-state index is -2.80. The van der Waals surface area contributed by atoms with Crippen LogP contribution in [0.25, 0.3) is 0 Å². The quantitative estimate of drug-likeness (QED) is 0.161. The summed E-state index contributed by atoms with van der Waals surface area (Å²) in [6, 6.07) is 32.4. The molecule has 0 saturated carbocycles. The van der Waals surface area contributed by atoms with Crippen molar-refractivity contribution in [1.29, 1.82) is 0 Å². The molecule has 3 rings (SSSR count). The van der Waals surface area contributed by atoms with Gasteiger partial charge < -0.3 is 5.11 Å². The van der Waals surface area contributed by atoms with E-state index in [1.54, 1.807) is 0 Å². The van der Waals surface area contributed by atoms with E-state index in [1.165, 1.54) is 15.9 Å². The molecular weight excluding hydrogens is 562 g/mol. The maximum atomic E-state index is 10.5. The van der Waals surface area contributed by atoms with Crippen LogP contribution in [0.1, 0.15) is 6.42 Å². The molecule has 0 aliphatic heterocycles. The Kier molecular flexibility index (Phi) is 10.5. The third-order valence-electron chi connectivity index (χ3n) is 5.74. The van der Waals surface area contributed by atoms with E-state index in [4.69, 9.17) is 19.3 Å². The van der Waals surface area contributed by atoms with Gasteiger partial charge in [0.15, 0.2) is 0 Å². The van der Waals surface area contributed by atoms with Crippen LogP contribution in [0.2, 0.25) is 0 Å². The van der Waals surface area contributed by atoms with Crippen LogP contribution in [-0.2, 0) is 19.0 Å². The van der Waals surface area contributed by atoms with Crippen molar-refractivity contribution >= 4 is 48.2 Å². The molecule has 0 heterocycles. The Balaban J connectivity index is 1.68. The van der Waals surface area contributed by atoms with Crippen LogP contribution in [0, 0.1) is 0 Å². The summed E-state index contributed by atoms with van der Waals surface area (Å²) in [6.45, 7) is 2.59. The fourth-order valence-electron chi connectivity index (χ4n) is 3.99. The van der Waals surface area contributed by atoms with Gasteiger partial charge in [0.25, 0.3) is 0 Å². The SMILES string of the molecule is O=C(O)CCOCCOCCOCCP(I)(c1ccccc1)(c1ccccc1)c1ccccc1. The molecule has 34 heavy (non-hydrogen) atoms. The van der Waals surface area contributed by atoms with Gasteiger partial charge in [-0.15, -0.1) is 0 Å². The van der Waals surface area contributed by atoms with Gasteiger partial charge in [-0.2, -0.15) is 0 Å². The van der Waals surface area contributed by atoms with Gasteiger partial charge in [0.1, 0.15) is 0 Å². The zero-order valence-electron chi connectivity index (χ0n) is 19.2. The van der Waals surface area contributed by atoms with Crippen molar-refractivity contribution < 1.29 is 24.1 Å². The van der Waals surface area contributed by atoms with Crippen molar-refractivity contribution in [2.45, 2.75) is 6.42 Å². The van der Waals surface area contributed by atoms with Crippen LogP contribution in [0.3, 0.4) is 0 Å². The number of carboxylic acids is 1. The third-order valence-corrected chi connectivity index (χ3v) is 17.4. The fraction of sp³-hybridized carbons (Fsp3) is 0.296. The Hall–Kier alpha value is -1.83. The number of hydrogen-bond acceptors (Lipinski definition) is 4. The van der Waals surface area contributed by atoms with Gasteiger partial charge in [0.05, 0.1) is 0 Å². The monoisotopic (exact) mass is 594 g/mol. The van der Waals surface area contributed by atoms with Crippen LogP contribution in [-0.4, -0.2) is 56.9 Å². The Morgan fingerprint density at radius 1 is 0.618 bits per heavy atom. The number of carboxylic acid groups (broad SMARTS) is 1. The van der Waals surface area contributed by atoms with Crippen molar-refractivity contribution in [2.24, 2.45) is 0 Å². The summed E-state index contributed by atoms with van der Waals surface area (Å²) in [6.07, 6.45) is 0.887. The number of carbonyl (C=O) groups is 1. The first kappa shape index (κ1) is 26.8. The number of hydrogen-bond donors (Lipinski definition) is 1. The average Bonchev–Trinajstić information content (AvgIpc) is 2.88. The summed E-state index contributed by atoms with van der Waals surface area (Å²) < 4.78 is 14.1. The first-order valence-electron chi connectivity index (χ1n) is 11.4. The zero-order chi connectivity index (χ0) is 24.1. The van der Waals surface area contributed by atoms with Gasteiger partial charge in [0.2, 0.25) is 0 Å². The second-order valence-corrected chi connectivity index (χ2v) is 18.6. The zero-order valence-corrected chi connectivity index (χ0v) is 22.3. The average molecular weight is 594 g/mol. The first-order chi connectivity index (χ1) is 16.6. The summed E-state index contributed by atoms with van der Waals surface area (Å²) in [5, 5.41) is 12.6. The number of aliphatic carboxylic acids is 1. The molecule has 7 heteroatoms. The number of benzene rings is 3. The molecule has 0 spiro atoms. The molecule has 0 aliphatic carbocycles. The standard InChI is InChI=1S/C27H32IO5P/c28-34(24-10-4-1-5-11-24,25-12-6-2-7-13-25,26-14-8-3-9-15-26)23-22-33-21-20-32-19-18-31-17-16-27(29)30/h1-15H,16-23H2,(H,29,30). The predicted octanol–water partition coefficient (Wildman–Crippen LogP) is 4.39. The van der Waals surface area contributed by atoms with Gasteiger partial charge in [0, 0.05) is 0 Å². The molecule has 182 valence electrons. The van der Waals surface area contributed by atoms with E-state index in [2.05, 4.69) is 113 Å². The molecule has 0 radical (unpaired) electrons. The molecule has 0 aliphatic rings. The van der Waals surface area contributed by atoms with Crippen LogP contribution < -0.4 is 15.9 Å². The molecule has 0 amide bonds. The summed E-state index contributed by atoms with van der Waals surface area (Å²) in [5.41, 5.74) is 0. The maximum absolute atomic E-state index is 10.5. The first-order valence-corrected chi connectivity index (χ1v) is 16.6. The van der Waals surface area contributed by atoms with Gasteiger partial charge in [-0.05, 0) is 0 Å². The molecule has 0 fully saturated rings. The molecule has 3 aromatic carbocycles. The molecule has 0 atom stereocenters. The van der Waals surface area contributed by atoms with Crippen molar-refractivity contribution in [3.63, 3.8) is 0 Å². The van der Waals surface area contributed by atoms with Crippen LogP contribution in [0.15, 0.2) is 91.0 Å². The molecule has 0 unspecified atom stereocenters. The van der Waals surface area contributed by atoms with Crippen molar-refractivity contribution in [2.75, 3.05) is 45.8 Å². The topological polar surface area (TPSA) is 65.0 Å². The van der Waals surface area contributed by atoms with E-state index in [1.807, 2.05) is 0 Å². The summed E-state index contributed by atoms with van der Waals surface area (Å²) in [7, 11) is 0. The predicted molar refractivity (Wildman–Crippen MR) is 149 cm³/mol. The second kappa shape index (κ2) is 13.3. The molecule has 3 aromatic rings. The summed E-state index contributed by atoms with van der Waals surface area (Å²) in [5.74, 6) is -0.858. The molecule has 5 nitrogen and oxygen atoms in total. The van der Waals surface area contributed by atoms with Crippen molar-refractivity contribution in [3.05, 3.63) is 91.0 Å². The van der Waals surface area contributed by atoms with E-state index < -0.39 is 10.2 Å². The van der Waals surface area contributed by atoms with E-state index in [9.17, 15) is 4.79 Å². The van der Waals surface area contributed by atoms with Gasteiger partial charge in [-0.25, -0.2) is 0 Å².